The zero-order chi connectivity index (χ0) is 35.8. The fraction of sp³-hybridized carbons (Fsp3) is 0.727. The maximum atomic E-state index is 12.8. The maximum absolute atomic E-state index is 12.8. The van der Waals surface area contributed by atoms with Gasteiger partial charge < -0.3 is 20.5 Å². The summed E-state index contributed by atoms with van der Waals surface area (Å²) in [5.74, 6) is 3.37. The van der Waals surface area contributed by atoms with Gasteiger partial charge in [0.15, 0.2) is 0 Å². The minimum atomic E-state index is -0.165. The lowest BCUT2D eigenvalue weighted by Gasteiger charge is -2.49. The lowest BCUT2D eigenvalue weighted by Crippen LogP contribution is -2.54. The van der Waals surface area contributed by atoms with Crippen LogP contribution in [0.3, 0.4) is 0 Å². The van der Waals surface area contributed by atoms with Gasteiger partial charge in [-0.25, -0.2) is 0 Å². The van der Waals surface area contributed by atoms with E-state index >= 15 is 0 Å². The number of hydrogen-bond donors (Lipinski definition) is 3. The van der Waals surface area contributed by atoms with E-state index in [2.05, 4.69) is 61.4 Å². The Balaban J connectivity index is 0.879. The van der Waals surface area contributed by atoms with Gasteiger partial charge in [0.1, 0.15) is 0 Å². The van der Waals surface area contributed by atoms with E-state index in [1.807, 2.05) is 18.2 Å². The molecule has 7 heteroatoms. The van der Waals surface area contributed by atoms with Crippen molar-refractivity contribution in [3.05, 3.63) is 58.7 Å². The van der Waals surface area contributed by atoms with Crippen LogP contribution >= 0.6 is 0 Å². The summed E-state index contributed by atoms with van der Waals surface area (Å²) in [6, 6.07) is 10.5. The number of nitrogens with one attached hydrogen (secondary N) is 2. The molecule has 2 aliphatic heterocycles. The molecule has 2 saturated heterocycles. The first-order chi connectivity index (χ1) is 24.6. The number of allylic oxidation sites excluding steroid dienone is 2. The van der Waals surface area contributed by atoms with Crippen molar-refractivity contribution in [2.24, 2.45) is 35.0 Å². The van der Waals surface area contributed by atoms with Crippen LogP contribution in [0.1, 0.15) is 117 Å². The fourth-order valence-electron chi connectivity index (χ4n) is 12.0. The van der Waals surface area contributed by atoms with Crippen LogP contribution in [-0.4, -0.2) is 71.9 Å². The minimum Gasteiger partial charge on any atom is -0.393 e. The lowest BCUT2D eigenvalue weighted by molar-refractivity contribution is -0.122. The highest BCUT2D eigenvalue weighted by Gasteiger charge is 2.61. The third-order valence-corrected chi connectivity index (χ3v) is 14.7. The number of ether oxygens (including phenoxy) is 1. The number of aliphatic hydroxyl groups excluding tert-OH is 1. The number of benzene rings is 1. The van der Waals surface area contributed by atoms with Crippen molar-refractivity contribution in [3.63, 3.8) is 0 Å². The fourth-order valence-corrected chi connectivity index (χ4v) is 12.0. The average molecular weight is 700 g/mol. The smallest absolute Gasteiger partial charge is 0.220 e. The van der Waals surface area contributed by atoms with E-state index in [1.165, 1.54) is 30.4 Å². The van der Waals surface area contributed by atoms with Gasteiger partial charge in [0.2, 0.25) is 11.8 Å². The minimum absolute atomic E-state index is 0.0986. The van der Waals surface area contributed by atoms with Crippen molar-refractivity contribution >= 4 is 11.8 Å². The molecule has 0 bridgehead atoms. The second-order valence-electron chi connectivity index (χ2n) is 17.7. The number of carbonyl (C=O) groups excluding carboxylic acids is 2. The van der Waals surface area contributed by atoms with E-state index in [9.17, 15) is 14.7 Å². The van der Waals surface area contributed by atoms with Crippen LogP contribution in [0.15, 0.2) is 53.1 Å². The van der Waals surface area contributed by atoms with Crippen molar-refractivity contribution in [2.45, 2.75) is 141 Å². The summed E-state index contributed by atoms with van der Waals surface area (Å²) >= 11 is 0. The van der Waals surface area contributed by atoms with Gasteiger partial charge >= 0.3 is 0 Å². The van der Waals surface area contributed by atoms with Gasteiger partial charge in [-0.15, -0.1) is 0 Å². The number of rotatable bonds is 12. The predicted octanol–water partition coefficient (Wildman–Crippen LogP) is 7.14. The highest BCUT2D eigenvalue weighted by molar-refractivity contribution is 5.76. The third-order valence-electron chi connectivity index (χ3n) is 14.7. The Kier molecular flexibility index (Phi) is 11.2. The molecular weight excluding hydrogens is 635 g/mol. The zero-order valence-electron chi connectivity index (χ0n) is 31.9. The summed E-state index contributed by atoms with van der Waals surface area (Å²) < 4.78 is 7.33. The maximum Gasteiger partial charge on any atom is 0.220 e. The average Bonchev–Trinajstić information content (AvgIpc) is 3.64. The van der Waals surface area contributed by atoms with Gasteiger partial charge in [-0.2, -0.15) is 0 Å². The largest absolute Gasteiger partial charge is 0.393 e. The molecule has 7 rings (SSSR count). The van der Waals surface area contributed by atoms with Gasteiger partial charge in [0, 0.05) is 51.0 Å². The number of unbranched alkanes of at least 4 members (excludes halogenated alkanes) is 2. The van der Waals surface area contributed by atoms with Crippen molar-refractivity contribution < 1.29 is 19.4 Å². The number of amides is 2. The van der Waals surface area contributed by atoms with Crippen LogP contribution in [0.4, 0.5) is 0 Å². The van der Waals surface area contributed by atoms with Gasteiger partial charge in [0.25, 0.3) is 0 Å². The monoisotopic (exact) mass is 699 g/mol. The van der Waals surface area contributed by atoms with Crippen LogP contribution in [-0.2, 0) is 20.7 Å². The first kappa shape index (κ1) is 36.9. The standard InChI is InChI=1S/C44H65N3O4/c1-29-25-39-42(47(28-29)24-23-46-40(49)13-9-6-10-22-45-41(50)17-14-32-11-7-5-8-12-32)31(3)44(51-39)21-19-35-36-16-15-33-26-34(48)18-20-43(33,4)38(36)27-37(35)30(44)2/h5,7-8,11-12,15,29,31,34-36,38-39,42,48H,6,9-10,13-14,16-28H2,1-4H3,(H,45,50)(H,46,49). The van der Waals surface area contributed by atoms with Crippen molar-refractivity contribution in [1.82, 2.24) is 15.5 Å². The number of aliphatic hydroxyl groups is 1. The van der Waals surface area contributed by atoms with Crippen molar-refractivity contribution in [2.75, 3.05) is 26.2 Å². The van der Waals surface area contributed by atoms with Crippen LogP contribution in [0.2, 0.25) is 0 Å². The zero-order valence-corrected chi connectivity index (χ0v) is 31.9. The first-order valence-electron chi connectivity index (χ1n) is 20.7. The molecule has 2 saturated carbocycles. The second-order valence-corrected chi connectivity index (χ2v) is 17.7. The van der Waals surface area contributed by atoms with Gasteiger partial charge in [0.05, 0.1) is 17.8 Å². The molecule has 7 nitrogen and oxygen atoms in total. The van der Waals surface area contributed by atoms with E-state index in [-0.39, 0.29) is 35.0 Å². The molecule has 3 N–H and O–H groups in total. The molecule has 10 unspecified atom stereocenters. The van der Waals surface area contributed by atoms with Crippen molar-refractivity contribution in [1.29, 1.82) is 0 Å². The Hall–Kier alpha value is -2.48. The molecule has 51 heavy (non-hydrogen) atoms. The van der Waals surface area contributed by atoms with E-state index < -0.39 is 0 Å². The van der Waals surface area contributed by atoms with E-state index in [1.54, 1.807) is 11.1 Å². The molecule has 2 amide bonds. The van der Waals surface area contributed by atoms with Crippen LogP contribution in [0, 0.1) is 35.0 Å². The summed E-state index contributed by atoms with van der Waals surface area (Å²) in [4.78, 5) is 27.6. The van der Waals surface area contributed by atoms with Gasteiger partial charge in [-0.3, -0.25) is 14.5 Å². The van der Waals surface area contributed by atoms with Crippen LogP contribution in [0.5, 0.6) is 0 Å². The van der Waals surface area contributed by atoms with Gasteiger partial charge in [-0.05, 0) is 118 Å². The third kappa shape index (κ3) is 7.38. The normalized spacial score (nSPS) is 37.3. The highest BCUT2D eigenvalue weighted by Crippen LogP contribution is 2.65. The molecule has 0 aromatic heterocycles. The molecule has 6 aliphatic rings. The molecular formula is C44H65N3O4. The number of aryl methyl sites for hydroxylation is 1. The number of nitrogens with zero attached hydrogens (tertiary/aromatic N) is 1. The Bertz CT molecular complexity index is 1470. The van der Waals surface area contributed by atoms with E-state index in [0.29, 0.717) is 55.6 Å². The van der Waals surface area contributed by atoms with Crippen LogP contribution < -0.4 is 10.6 Å². The lowest BCUT2D eigenvalue weighted by atomic mass is 9.56. The number of carbonyl (C=O) groups is 2. The molecule has 4 aliphatic carbocycles. The Labute approximate surface area is 307 Å². The Morgan fingerprint density at radius 3 is 2.59 bits per heavy atom. The molecule has 1 aromatic carbocycles. The summed E-state index contributed by atoms with van der Waals surface area (Å²) in [5.41, 5.74) is 6.09. The topological polar surface area (TPSA) is 90.9 Å². The number of piperidine rings is 1. The number of likely N-dealkylation sites (tertiary alicyclic amines) is 1. The molecule has 10 atom stereocenters. The molecule has 1 aromatic rings. The number of fused-ring (bicyclic) bond motifs is 6. The highest BCUT2D eigenvalue weighted by atomic mass is 16.5. The number of hydrogen-bond acceptors (Lipinski definition) is 5. The Morgan fingerprint density at radius 1 is 0.980 bits per heavy atom. The van der Waals surface area contributed by atoms with Gasteiger partial charge in [-0.1, -0.05) is 74.7 Å². The molecule has 0 radical (unpaired) electrons. The van der Waals surface area contributed by atoms with E-state index in [0.717, 1.165) is 76.8 Å². The SMILES string of the molecule is CC1=C2CC3C(CC=C4CC(O)CCC43C)C2CCC12OC1CC(C)CN(CCNC(=O)CCCCCNC(=O)CCc3ccccc3)C1C2C. The molecule has 280 valence electrons. The second kappa shape index (κ2) is 15.5. The van der Waals surface area contributed by atoms with Crippen LogP contribution in [0.25, 0.3) is 0 Å². The first-order valence-corrected chi connectivity index (χ1v) is 20.7. The molecule has 2 heterocycles. The molecule has 4 fully saturated rings. The Morgan fingerprint density at radius 2 is 1.76 bits per heavy atom. The predicted molar refractivity (Wildman–Crippen MR) is 203 cm³/mol. The summed E-state index contributed by atoms with van der Waals surface area (Å²) in [7, 11) is 0. The summed E-state index contributed by atoms with van der Waals surface area (Å²) in [6.07, 6.45) is 16.0. The summed E-state index contributed by atoms with van der Waals surface area (Å²) in [6.45, 7) is 13.1. The van der Waals surface area contributed by atoms with Crippen molar-refractivity contribution in [3.8, 4) is 0 Å². The molecule has 1 spiro atoms. The summed E-state index contributed by atoms with van der Waals surface area (Å²) in [5, 5.41) is 16.7. The van der Waals surface area contributed by atoms with E-state index in [4.69, 9.17) is 4.74 Å². The quantitative estimate of drug-likeness (QED) is 0.160.